The Hall–Kier alpha value is -2.15. The fourth-order valence-electron chi connectivity index (χ4n) is 4.70. The van der Waals surface area contributed by atoms with Crippen LogP contribution in [0.1, 0.15) is 32.2 Å². The van der Waals surface area contributed by atoms with Crippen molar-refractivity contribution in [2.75, 3.05) is 20.1 Å². The Kier molecular flexibility index (Phi) is 4.00. The average Bonchev–Trinajstić information content (AvgIpc) is 3.28. The number of carbonyl (C=O) groups is 2. The minimum atomic E-state index is -0.642. The minimum Gasteiger partial charge on any atom is -0.360 e. The molecule has 4 heterocycles. The molecule has 7 nitrogen and oxygen atoms in total. The summed E-state index contributed by atoms with van der Waals surface area (Å²) in [6, 6.07) is 1.92. The van der Waals surface area contributed by atoms with Gasteiger partial charge in [-0.3, -0.25) is 14.7 Å². The molecule has 2 fully saturated rings. The van der Waals surface area contributed by atoms with Crippen molar-refractivity contribution >= 4 is 11.8 Å². The molecule has 0 aromatic carbocycles. The second kappa shape index (κ2) is 5.92. The van der Waals surface area contributed by atoms with Crippen molar-refractivity contribution in [2.45, 2.75) is 45.9 Å². The van der Waals surface area contributed by atoms with Gasteiger partial charge < -0.3 is 14.5 Å². The van der Waals surface area contributed by atoms with Crippen molar-refractivity contribution in [1.29, 1.82) is 0 Å². The van der Waals surface area contributed by atoms with Gasteiger partial charge in [-0.1, -0.05) is 32.9 Å². The normalized spacial score (nSPS) is 31.7. The second-order valence-electron chi connectivity index (χ2n) is 9.39. The predicted molar refractivity (Wildman–Crippen MR) is 99.6 cm³/mol. The Morgan fingerprint density at radius 3 is 2.85 bits per heavy atom. The van der Waals surface area contributed by atoms with E-state index in [4.69, 9.17) is 4.74 Å². The van der Waals surface area contributed by atoms with Gasteiger partial charge in [0.15, 0.2) is 0 Å². The van der Waals surface area contributed by atoms with Crippen molar-refractivity contribution in [3.8, 4) is 0 Å². The zero-order valence-electron chi connectivity index (χ0n) is 16.7. The molecule has 0 saturated carbocycles. The summed E-state index contributed by atoms with van der Waals surface area (Å²) in [6.45, 7) is 9.88. The Labute approximate surface area is 159 Å². The summed E-state index contributed by atoms with van der Waals surface area (Å²) >= 11 is 0. The molecule has 1 aromatic heterocycles. The molecule has 2 unspecified atom stereocenters. The van der Waals surface area contributed by atoms with E-state index in [1.54, 1.807) is 11.9 Å². The highest BCUT2D eigenvalue weighted by Gasteiger charge is 2.67. The number of aromatic amines is 1. The maximum absolute atomic E-state index is 13.2. The molecule has 3 aliphatic heterocycles. The number of aromatic nitrogens is 2. The molecular formula is C20H28N4O3. The number of fused-ring (bicyclic) bond motifs is 1. The molecule has 4 rings (SSSR count). The lowest BCUT2D eigenvalue weighted by Gasteiger charge is -2.29. The van der Waals surface area contributed by atoms with Gasteiger partial charge in [0, 0.05) is 19.3 Å². The summed E-state index contributed by atoms with van der Waals surface area (Å²) in [4.78, 5) is 29.9. The number of aryl methyl sites for hydroxylation is 1. The lowest BCUT2D eigenvalue weighted by molar-refractivity contribution is -0.143. The van der Waals surface area contributed by atoms with Crippen LogP contribution in [0.2, 0.25) is 0 Å². The van der Waals surface area contributed by atoms with Crippen LogP contribution in [0.4, 0.5) is 0 Å². The molecule has 146 valence electrons. The number of rotatable bonds is 4. The molecule has 2 saturated heterocycles. The molecule has 27 heavy (non-hydrogen) atoms. The Bertz CT molecular complexity index is 808. The Morgan fingerprint density at radius 1 is 1.48 bits per heavy atom. The van der Waals surface area contributed by atoms with Crippen molar-refractivity contribution in [2.24, 2.45) is 17.3 Å². The summed E-state index contributed by atoms with van der Waals surface area (Å²) in [7, 11) is 1.76. The van der Waals surface area contributed by atoms with Crippen LogP contribution in [-0.2, 0) is 20.9 Å². The fraction of sp³-hybridized carbons (Fsp3) is 0.650. The summed E-state index contributed by atoms with van der Waals surface area (Å²) in [5.74, 6) is -0.898. The zero-order chi connectivity index (χ0) is 19.6. The number of carbonyl (C=O) groups excluding carboxylic acids is 2. The maximum atomic E-state index is 13.2. The van der Waals surface area contributed by atoms with E-state index in [1.807, 2.05) is 30.0 Å². The smallest absolute Gasteiger partial charge is 0.230 e. The number of likely N-dealkylation sites (tertiary alicyclic amines) is 1. The lowest BCUT2D eigenvalue weighted by atomic mass is 9.76. The molecular weight excluding hydrogens is 344 g/mol. The van der Waals surface area contributed by atoms with Crippen LogP contribution in [0.15, 0.2) is 18.2 Å². The van der Waals surface area contributed by atoms with Gasteiger partial charge in [0.1, 0.15) is 5.60 Å². The van der Waals surface area contributed by atoms with Gasteiger partial charge in [-0.2, -0.15) is 5.10 Å². The average molecular weight is 372 g/mol. The van der Waals surface area contributed by atoms with E-state index < -0.39 is 17.4 Å². The molecule has 2 bridgehead atoms. The van der Waals surface area contributed by atoms with Crippen LogP contribution >= 0.6 is 0 Å². The Balaban J connectivity index is 1.54. The first kappa shape index (κ1) is 18.2. The number of nitrogens with zero attached hydrogens (tertiary/aromatic N) is 3. The molecule has 2 amide bonds. The monoisotopic (exact) mass is 372 g/mol. The number of hydrogen-bond acceptors (Lipinski definition) is 4. The van der Waals surface area contributed by atoms with E-state index in [2.05, 4.69) is 31.0 Å². The van der Waals surface area contributed by atoms with Gasteiger partial charge in [-0.25, -0.2) is 0 Å². The third-order valence-corrected chi connectivity index (χ3v) is 5.66. The second-order valence-corrected chi connectivity index (χ2v) is 9.39. The Morgan fingerprint density at radius 2 is 2.22 bits per heavy atom. The fourth-order valence-corrected chi connectivity index (χ4v) is 4.70. The van der Waals surface area contributed by atoms with Crippen molar-refractivity contribution in [3.05, 3.63) is 29.6 Å². The van der Waals surface area contributed by atoms with Gasteiger partial charge in [-0.05, 0) is 18.4 Å². The van der Waals surface area contributed by atoms with Gasteiger partial charge in [0.2, 0.25) is 11.8 Å². The summed E-state index contributed by atoms with van der Waals surface area (Å²) in [6.07, 6.45) is 3.65. The first-order chi connectivity index (χ1) is 12.6. The van der Waals surface area contributed by atoms with Crippen LogP contribution in [0.25, 0.3) is 0 Å². The molecule has 4 atom stereocenters. The summed E-state index contributed by atoms with van der Waals surface area (Å²) < 4.78 is 6.19. The SMILES string of the molecule is Cc1cc(CN(C)C(=O)C2C3C(=O)N(CC(C)(C)C)C[C@]34C=C[C@H]2O4)n[nH]1. The highest BCUT2D eigenvalue weighted by Crippen LogP contribution is 2.52. The zero-order valence-corrected chi connectivity index (χ0v) is 16.7. The standard InChI is InChI=1S/C20H28N4O3/c1-12-8-13(22-21-12)9-23(5)17(25)15-14-6-7-20(27-14)11-24(10-19(2,3)4)18(26)16(15)20/h6-8,14-16H,9-11H2,1-5H3,(H,21,22)/t14-,15?,16?,20-/m1/s1. The molecule has 7 heteroatoms. The third-order valence-electron chi connectivity index (χ3n) is 5.66. The molecule has 1 aromatic rings. The third kappa shape index (κ3) is 2.98. The largest absolute Gasteiger partial charge is 0.360 e. The van der Waals surface area contributed by atoms with E-state index in [9.17, 15) is 9.59 Å². The molecule has 3 aliphatic rings. The topological polar surface area (TPSA) is 78.5 Å². The molecule has 0 aliphatic carbocycles. The number of nitrogens with one attached hydrogen (secondary N) is 1. The van der Waals surface area contributed by atoms with Crippen molar-refractivity contribution in [3.63, 3.8) is 0 Å². The molecule has 0 radical (unpaired) electrons. The molecule has 1 spiro atoms. The number of hydrogen-bond donors (Lipinski definition) is 1. The molecule has 1 N–H and O–H groups in total. The van der Waals surface area contributed by atoms with Crippen LogP contribution in [0.3, 0.4) is 0 Å². The van der Waals surface area contributed by atoms with E-state index in [0.29, 0.717) is 19.6 Å². The number of amides is 2. The first-order valence-corrected chi connectivity index (χ1v) is 9.51. The van der Waals surface area contributed by atoms with Gasteiger partial charge in [0.05, 0.1) is 36.7 Å². The first-order valence-electron chi connectivity index (χ1n) is 9.51. The minimum absolute atomic E-state index is 0.000760. The number of ether oxygens (including phenoxy) is 1. The highest BCUT2D eigenvalue weighted by atomic mass is 16.5. The van der Waals surface area contributed by atoms with Gasteiger partial charge in [-0.15, -0.1) is 0 Å². The van der Waals surface area contributed by atoms with Crippen LogP contribution < -0.4 is 0 Å². The van der Waals surface area contributed by atoms with E-state index in [0.717, 1.165) is 11.4 Å². The van der Waals surface area contributed by atoms with E-state index in [1.165, 1.54) is 0 Å². The number of H-pyrrole nitrogens is 1. The van der Waals surface area contributed by atoms with Crippen molar-refractivity contribution < 1.29 is 14.3 Å². The maximum Gasteiger partial charge on any atom is 0.230 e. The van der Waals surface area contributed by atoms with Gasteiger partial charge in [0.25, 0.3) is 0 Å². The summed E-state index contributed by atoms with van der Waals surface area (Å²) in [5.41, 5.74) is 1.13. The lowest BCUT2D eigenvalue weighted by Crippen LogP contribution is -2.45. The van der Waals surface area contributed by atoms with Crippen LogP contribution in [0.5, 0.6) is 0 Å². The van der Waals surface area contributed by atoms with E-state index in [-0.39, 0.29) is 23.3 Å². The van der Waals surface area contributed by atoms with Crippen LogP contribution in [0, 0.1) is 24.2 Å². The predicted octanol–water partition coefficient (Wildman–Crippen LogP) is 1.50. The quantitative estimate of drug-likeness (QED) is 0.813. The van der Waals surface area contributed by atoms with Gasteiger partial charge >= 0.3 is 0 Å². The summed E-state index contributed by atoms with van der Waals surface area (Å²) in [5, 5.41) is 7.10. The van der Waals surface area contributed by atoms with Crippen molar-refractivity contribution in [1.82, 2.24) is 20.0 Å². The highest BCUT2D eigenvalue weighted by molar-refractivity contribution is 5.93. The van der Waals surface area contributed by atoms with E-state index >= 15 is 0 Å². The van der Waals surface area contributed by atoms with Crippen LogP contribution in [-0.4, -0.2) is 63.7 Å².